The summed E-state index contributed by atoms with van der Waals surface area (Å²) in [7, 11) is 1.85. The van der Waals surface area contributed by atoms with Gasteiger partial charge in [-0.2, -0.15) is 0 Å². The van der Waals surface area contributed by atoms with Crippen LogP contribution >= 0.6 is 35.3 Å². The Morgan fingerprint density at radius 2 is 1.79 bits per heavy atom. The monoisotopic (exact) mass is 533 g/mol. The van der Waals surface area contributed by atoms with Crippen LogP contribution in [0.3, 0.4) is 0 Å². The Hall–Kier alpha value is -0.870. The SMILES string of the molecule is CN=C(NCC(C)(C)c1cccs1)N1CCN(CC(=O)N2CCCCC2)CC1.I. The Balaban J connectivity index is 0.00000300. The van der Waals surface area contributed by atoms with Gasteiger partial charge in [0.05, 0.1) is 6.54 Å². The number of hydrogen-bond acceptors (Lipinski definition) is 4. The van der Waals surface area contributed by atoms with Gasteiger partial charge in [-0.1, -0.05) is 19.9 Å². The van der Waals surface area contributed by atoms with Crippen molar-refractivity contribution in [2.75, 3.05) is 59.4 Å². The molecule has 8 heteroatoms. The number of halogens is 1. The van der Waals surface area contributed by atoms with Gasteiger partial charge in [-0.3, -0.25) is 14.7 Å². The van der Waals surface area contributed by atoms with Crippen molar-refractivity contribution in [3.8, 4) is 0 Å². The summed E-state index contributed by atoms with van der Waals surface area (Å²) in [4.78, 5) is 25.0. The van der Waals surface area contributed by atoms with Gasteiger partial charge in [0.25, 0.3) is 0 Å². The molecule has 0 aliphatic carbocycles. The topological polar surface area (TPSA) is 51.2 Å². The first kappa shape index (κ1) is 24.4. The van der Waals surface area contributed by atoms with E-state index in [2.05, 4.69) is 51.5 Å². The van der Waals surface area contributed by atoms with E-state index < -0.39 is 0 Å². The molecule has 1 N–H and O–H groups in total. The van der Waals surface area contributed by atoms with Crippen molar-refractivity contribution >= 4 is 47.2 Å². The van der Waals surface area contributed by atoms with Crippen molar-refractivity contribution in [2.24, 2.45) is 4.99 Å². The lowest BCUT2D eigenvalue weighted by Crippen LogP contribution is -2.55. The molecule has 1 aromatic rings. The summed E-state index contributed by atoms with van der Waals surface area (Å²) in [6, 6.07) is 4.31. The minimum Gasteiger partial charge on any atom is -0.355 e. The number of rotatable bonds is 5. The average Bonchev–Trinajstić information content (AvgIpc) is 3.26. The second-order valence-corrected chi connectivity index (χ2v) is 9.41. The molecular weight excluding hydrogens is 497 g/mol. The molecule has 0 saturated carbocycles. The molecule has 0 aromatic carbocycles. The number of carbonyl (C=O) groups excluding carboxylic acids is 1. The second-order valence-electron chi connectivity index (χ2n) is 8.47. The van der Waals surface area contributed by atoms with E-state index in [9.17, 15) is 4.79 Å². The molecule has 0 unspecified atom stereocenters. The highest BCUT2D eigenvalue weighted by Gasteiger charge is 2.26. The molecule has 3 rings (SSSR count). The number of aliphatic imine (C=N–C) groups is 1. The fraction of sp³-hybridized carbons (Fsp3) is 0.714. The summed E-state index contributed by atoms with van der Waals surface area (Å²) in [5.74, 6) is 1.26. The van der Waals surface area contributed by atoms with Gasteiger partial charge < -0.3 is 15.1 Å². The maximum Gasteiger partial charge on any atom is 0.236 e. The summed E-state index contributed by atoms with van der Waals surface area (Å²) in [5.41, 5.74) is 0.0762. The van der Waals surface area contributed by atoms with E-state index in [-0.39, 0.29) is 29.4 Å². The van der Waals surface area contributed by atoms with Gasteiger partial charge in [-0.25, -0.2) is 0 Å². The molecule has 2 aliphatic heterocycles. The summed E-state index contributed by atoms with van der Waals surface area (Å²) < 4.78 is 0. The highest BCUT2D eigenvalue weighted by molar-refractivity contribution is 14.0. The maximum atomic E-state index is 12.5. The molecule has 1 amide bonds. The van der Waals surface area contributed by atoms with Crippen LogP contribution < -0.4 is 5.32 Å². The minimum absolute atomic E-state index is 0. The molecule has 6 nitrogen and oxygen atoms in total. The first-order chi connectivity index (χ1) is 13.5. The Morgan fingerprint density at radius 1 is 1.10 bits per heavy atom. The largest absolute Gasteiger partial charge is 0.355 e. The van der Waals surface area contributed by atoms with Crippen LogP contribution in [0.25, 0.3) is 0 Å². The van der Waals surface area contributed by atoms with Crippen LogP contribution in [0.2, 0.25) is 0 Å². The highest BCUT2D eigenvalue weighted by Crippen LogP contribution is 2.26. The Bertz CT molecular complexity index is 650. The summed E-state index contributed by atoms with van der Waals surface area (Å²) >= 11 is 1.81. The molecule has 0 bridgehead atoms. The third-order valence-corrected chi connectivity index (χ3v) is 7.06. The molecule has 0 atom stereocenters. The highest BCUT2D eigenvalue weighted by atomic mass is 127. The van der Waals surface area contributed by atoms with Gasteiger partial charge in [0.1, 0.15) is 0 Å². The number of nitrogens with one attached hydrogen (secondary N) is 1. The molecule has 0 radical (unpaired) electrons. The fourth-order valence-electron chi connectivity index (χ4n) is 3.94. The lowest BCUT2D eigenvalue weighted by Gasteiger charge is -2.38. The van der Waals surface area contributed by atoms with Crippen LogP contribution in [0.5, 0.6) is 0 Å². The van der Waals surface area contributed by atoms with Crippen LogP contribution in [-0.4, -0.2) is 86.0 Å². The lowest BCUT2D eigenvalue weighted by atomic mass is 9.91. The summed E-state index contributed by atoms with van der Waals surface area (Å²) in [5, 5.41) is 5.70. The number of hydrogen-bond donors (Lipinski definition) is 1. The van der Waals surface area contributed by atoms with Gasteiger partial charge in [0.2, 0.25) is 5.91 Å². The zero-order valence-corrected chi connectivity index (χ0v) is 21.2. The number of nitrogens with zero attached hydrogens (tertiary/aromatic N) is 4. The van der Waals surface area contributed by atoms with Crippen molar-refractivity contribution in [1.82, 2.24) is 20.0 Å². The number of piperidine rings is 1. The lowest BCUT2D eigenvalue weighted by molar-refractivity contribution is -0.133. The third-order valence-electron chi connectivity index (χ3n) is 5.83. The standard InChI is InChI=1S/C21H35N5OS.HI/c1-21(2,18-8-7-15-28-18)17-23-20(22-3)26-13-11-24(12-14-26)16-19(27)25-9-5-4-6-10-25;/h7-8,15H,4-6,9-14,16-17H2,1-3H3,(H,22,23);1H. The number of carbonyl (C=O) groups is 1. The van der Waals surface area contributed by atoms with Gasteiger partial charge in [-0.05, 0) is 30.7 Å². The van der Waals surface area contributed by atoms with Crippen molar-refractivity contribution in [3.05, 3.63) is 22.4 Å². The third kappa shape index (κ3) is 6.82. The summed E-state index contributed by atoms with van der Waals surface area (Å²) in [6.45, 7) is 11.5. The molecule has 2 fully saturated rings. The van der Waals surface area contributed by atoms with E-state index in [1.54, 1.807) is 11.3 Å². The second kappa shape index (κ2) is 11.5. The first-order valence-corrected chi connectivity index (χ1v) is 11.4. The van der Waals surface area contributed by atoms with E-state index in [0.29, 0.717) is 12.5 Å². The molecule has 29 heavy (non-hydrogen) atoms. The van der Waals surface area contributed by atoms with Crippen LogP contribution in [0.1, 0.15) is 38.0 Å². The van der Waals surface area contributed by atoms with Gasteiger partial charge in [0, 0.05) is 63.2 Å². The predicted octanol–water partition coefficient (Wildman–Crippen LogP) is 2.85. The number of amides is 1. The summed E-state index contributed by atoms with van der Waals surface area (Å²) in [6.07, 6.45) is 3.57. The Labute approximate surface area is 196 Å². The molecule has 3 heterocycles. The van der Waals surface area contributed by atoms with Crippen molar-refractivity contribution in [2.45, 2.75) is 38.5 Å². The smallest absolute Gasteiger partial charge is 0.236 e. The Kier molecular flexibility index (Phi) is 9.68. The molecule has 2 saturated heterocycles. The van der Waals surface area contributed by atoms with E-state index in [1.165, 1.54) is 11.3 Å². The van der Waals surface area contributed by atoms with Crippen LogP contribution in [0, 0.1) is 0 Å². The van der Waals surface area contributed by atoms with E-state index in [1.807, 2.05) is 11.9 Å². The average molecular weight is 534 g/mol. The van der Waals surface area contributed by atoms with Crippen molar-refractivity contribution in [3.63, 3.8) is 0 Å². The minimum atomic E-state index is 0. The number of guanidine groups is 1. The van der Waals surface area contributed by atoms with Crippen molar-refractivity contribution < 1.29 is 4.79 Å². The zero-order chi connectivity index (χ0) is 20.0. The number of likely N-dealkylation sites (tertiary alicyclic amines) is 1. The zero-order valence-electron chi connectivity index (χ0n) is 18.0. The van der Waals surface area contributed by atoms with Crippen LogP contribution in [0.15, 0.2) is 22.5 Å². The number of thiophene rings is 1. The van der Waals surface area contributed by atoms with Crippen LogP contribution in [0.4, 0.5) is 0 Å². The molecule has 164 valence electrons. The van der Waals surface area contributed by atoms with Gasteiger partial charge in [0.15, 0.2) is 5.96 Å². The molecule has 0 spiro atoms. The van der Waals surface area contributed by atoms with E-state index in [4.69, 9.17) is 0 Å². The normalized spacial score (nSPS) is 19.1. The molecular formula is C21H36IN5OS. The Morgan fingerprint density at radius 3 is 2.38 bits per heavy atom. The number of piperazine rings is 1. The fourth-order valence-corrected chi connectivity index (χ4v) is 4.79. The predicted molar refractivity (Wildman–Crippen MR) is 133 cm³/mol. The van der Waals surface area contributed by atoms with Gasteiger partial charge >= 0.3 is 0 Å². The van der Waals surface area contributed by atoms with E-state index in [0.717, 1.165) is 64.6 Å². The van der Waals surface area contributed by atoms with Gasteiger partial charge in [-0.15, -0.1) is 35.3 Å². The van der Waals surface area contributed by atoms with E-state index >= 15 is 0 Å². The van der Waals surface area contributed by atoms with Crippen molar-refractivity contribution in [1.29, 1.82) is 0 Å². The maximum absolute atomic E-state index is 12.5. The molecule has 2 aliphatic rings. The van der Waals surface area contributed by atoms with Crippen LogP contribution in [-0.2, 0) is 10.2 Å². The molecule has 1 aromatic heterocycles. The quantitative estimate of drug-likeness (QED) is 0.360. The first-order valence-electron chi connectivity index (χ1n) is 10.5.